The molecule has 120 valence electrons. The quantitative estimate of drug-likeness (QED) is 0.781. The number of rotatable bonds is 7. The lowest BCUT2D eigenvalue weighted by atomic mass is 9.93. The van der Waals surface area contributed by atoms with Crippen LogP contribution < -0.4 is 5.73 Å². The molecule has 1 saturated heterocycles. The third kappa shape index (κ3) is 3.18. The highest BCUT2D eigenvalue weighted by Crippen LogP contribution is 2.30. The second-order valence-electron chi connectivity index (χ2n) is 5.76. The Balaban J connectivity index is 3.14. The summed E-state index contributed by atoms with van der Waals surface area (Å²) in [4.78, 5) is 0. The summed E-state index contributed by atoms with van der Waals surface area (Å²) < 4.78 is 29.4. The van der Waals surface area contributed by atoms with E-state index in [1.807, 2.05) is 27.7 Å². The molecule has 0 aliphatic carbocycles. The number of nitrogens with zero attached hydrogens (tertiary/aromatic N) is 2. The molecule has 20 heavy (non-hydrogen) atoms. The van der Waals surface area contributed by atoms with Gasteiger partial charge in [0.2, 0.25) is 0 Å². The van der Waals surface area contributed by atoms with Crippen LogP contribution in [-0.2, 0) is 10.2 Å². The SMILES string of the molecule is CCN(C(CC)(CC)CN)S(=O)(=O)N1CCCCC1C. The molecule has 1 aliphatic rings. The Morgan fingerprint density at radius 2 is 1.85 bits per heavy atom. The van der Waals surface area contributed by atoms with Crippen LogP contribution in [0.25, 0.3) is 0 Å². The predicted molar refractivity (Wildman–Crippen MR) is 83.7 cm³/mol. The van der Waals surface area contributed by atoms with Crippen molar-refractivity contribution in [2.45, 2.75) is 71.4 Å². The Bertz CT molecular complexity index is 385. The molecule has 0 bridgehead atoms. The Labute approximate surface area is 124 Å². The van der Waals surface area contributed by atoms with Crippen molar-refractivity contribution in [3.05, 3.63) is 0 Å². The summed E-state index contributed by atoms with van der Waals surface area (Å²) in [6.45, 7) is 9.44. The molecule has 0 aromatic heterocycles. The molecular formula is C14H31N3O2S. The number of likely N-dealkylation sites (N-methyl/N-ethyl adjacent to an activating group) is 1. The van der Waals surface area contributed by atoms with Crippen LogP contribution in [0.3, 0.4) is 0 Å². The third-order valence-corrected chi connectivity index (χ3v) is 7.17. The van der Waals surface area contributed by atoms with E-state index < -0.39 is 15.7 Å². The van der Waals surface area contributed by atoms with E-state index in [0.29, 0.717) is 19.6 Å². The monoisotopic (exact) mass is 305 g/mol. The summed E-state index contributed by atoms with van der Waals surface area (Å²) in [5.74, 6) is 0. The van der Waals surface area contributed by atoms with Crippen LogP contribution in [0.15, 0.2) is 0 Å². The predicted octanol–water partition coefficient (Wildman–Crippen LogP) is 1.95. The van der Waals surface area contributed by atoms with E-state index in [0.717, 1.165) is 32.1 Å². The zero-order valence-electron chi connectivity index (χ0n) is 13.4. The molecular weight excluding hydrogens is 274 g/mol. The first kappa shape index (κ1) is 17.9. The standard InChI is InChI=1S/C14H31N3O2S/c1-5-14(6-2,12-15)17(7-3)20(18,19)16-11-9-8-10-13(16)4/h13H,5-12,15H2,1-4H3. The third-order valence-electron chi connectivity index (χ3n) is 4.83. The molecule has 0 saturated carbocycles. The number of nitrogens with two attached hydrogens (primary N) is 1. The van der Waals surface area contributed by atoms with E-state index in [1.165, 1.54) is 0 Å². The van der Waals surface area contributed by atoms with Gasteiger partial charge in [0, 0.05) is 31.2 Å². The molecule has 0 radical (unpaired) electrons. The summed E-state index contributed by atoms with van der Waals surface area (Å²) in [5, 5.41) is 0. The molecule has 0 aromatic rings. The van der Waals surface area contributed by atoms with Gasteiger partial charge in [0.05, 0.1) is 0 Å². The highest BCUT2D eigenvalue weighted by atomic mass is 32.2. The summed E-state index contributed by atoms with van der Waals surface area (Å²) in [7, 11) is -3.43. The van der Waals surface area contributed by atoms with E-state index in [2.05, 4.69) is 0 Å². The molecule has 5 nitrogen and oxygen atoms in total. The largest absolute Gasteiger partial charge is 0.329 e. The molecule has 1 unspecified atom stereocenters. The fraction of sp³-hybridized carbons (Fsp3) is 1.00. The second kappa shape index (κ2) is 7.20. The molecule has 6 heteroatoms. The maximum atomic E-state index is 13.0. The Kier molecular flexibility index (Phi) is 6.44. The molecule has 0 spiro atoms. The molecule has 1 rings (SSSR count). The van der Waals surface area contributed by atoms with Crippen LogP contribution in [0.2, 0.25) is 0 Å². The molecule has 1 atom stereocenters. The normalized spacial score (nSPS) is 22.4. The van der Waals surface area contributed by atoms with Crippen molar-refractivity contribution >= 4 is 10.2 Å². The highest BCUT2D eigenvalue weighted by Gasteiger charge is 2.43. The van der Waals surface area contributed by atoms with Crippen LogP contribution in [0.1, 0.15) is 59.8 Å². The summed E-state index contributed by atoms with van der Waals surface area (Å²) in [6.07, 6.45) is 4.51. The highest BCUT2D eigenvalue weighted by molar-refractivity contribution is 7.86. The molecule has 1 fully saturated rings. The minimum absolute atomic E-state index is 0.0898. The van der Waals surface area contributed by atoms with Gasteiger partial charge in [-0.05, 0) is 32.6 Å². The van der Waals surface area contributed by atoms with Crippen molar-refractivity contribution in [2.75, 3.05) is 19.6 Å². The van der Waals surface area contributed by atoms with E-state index in [4.69, 9.17) is 5.73 Å². The summed E-state index contributed by atoms with van der Waals surface area (Å²) in [6, 6.07) is 0.0898. The van der Waals surface area contributed by atoms with Crippen molar-refractivity contribution < 1.29 is 8.42 Å². The number of hydrogen-bond acceptors (Lipinski definition) is 3. The van der Waals surface area contributed by atoms with Crippen molar-refractivity contribution in [3.63, 3.8) is 0 Å². The lowest BCUT2D eigenvalue weighted by Gasteiger charge is -2.45. The van der Waals surface area contributed by atoms with Crippen molar-refractivity contribution in [1.82, 2.24) is 8.61 Å². The van der Waals surface area contributed by atoms with Crippen LogP contribution in [0, 0.1) is 0 Å². The van der Waals surface area contributed by atoms with E-state index in [-0.39, 0.29) is 6.04 Å². The van der Waals surface area contributed by atoms with Gasteiger partial charge in [-0.1, -0.05) is 27.2 Å². The van der Waals surface area contributed by atoms with Gasteiger partial charge in [-0.25, -0.2) is 0 Å². The van der Waals surface area contributed by atoms with E-state index >= 15 is 0 Å². The van der Waals surface area contributed by atoms with E-state index in [9.17, 15) is 8.42 Å². The van der Waals surface area contributed by atoms with Gasteiger partial charge in [0.15, 0.2) is 0 Å². The van der Waals surface area contributed by atoms with Crippen molar-refractivity contribution in [1.29, 1.82) is 0 Å². The van der Waals surface area contributed by atoms with Gasteiger partial charge in [-0.3, -0.25) is 0 Å². The first-order chi connectivity index (χ1) is 9.39. The molecule has 0 amide bonds. The maximum Gasteiger partial charge on any atom is 0.282 e. The fourth-order valence-corrected chi connectivity index (χ4v) is 5.60. The molecule has 0 aromatic carbocycles. The van der Waals surface area contributed by atoms with Gasteiger partial charge in [0.1, 0.15) is 0 Å². The second-order valence-corrected chi connectivity index (χ2v) is 7.57. The lowest BCUT2D eigenvalue weighted by molar-refractivity contribution is 0.158. The van der Waals surface area contributed by atoms with E-state index in [1.54, 1.807) is 8.61 Å². The average Bonchev–Trinajstić information content (AvgIpc) is 2.45. The Morgan fingerprint density at radius 1 is 1.25 bits per heavy atom. The first-order valence-electron chi connectivity index (χ1n) is 7.89. The topological polar surface area (TPSA) is 66.6 Å². The van der Waals surface area contributed by atoms with Crippen LogP contribution in [0.4, 0.5) is 0 Å². The fourth-order valence-electron chi connectivity index (χ4n) is 3.28. The molecule has 1 aliphatic heterocycles. The molecule has 1 heterocycles. The van der Waals surface area contributed by atoms with Gasteiger partial charge in [-0.15, -0.1) is 0 Å². The van der Waals surface area contributed by atoms with Crippen molar-refractivity contribution in [2.24, 2.45) is 5.73 Å². The Hall–Kier alpha value is -0.170. The summed E-state index contributed by atoms with van der Waals surface area (Å²) in [5.41, 5.74) is 5.49. The molecule has 2 N–H and O–H groups in total. The minimum atomic E-state index is -3.43. The van der Waals surface area contributed by atoms with Crippen LogP contribution in [0.5, 0.6) is 0 Å². The van der Waals surface area contributed by atoms with Crippen LogP contribution >= 0.6 is 0 Å². The maximum absolute atomic E-state index is 13.0. The summed E-state index contributed by atoms with van der Waals surface area (Å²) >= 11 is 0. The van der Waals surface area contributed by atoms with Gasteiger partial charge in [0.25, 0.3) is 10.2 Å². The lowest BCUT2D eigenvalue weighted by Crippen LogP contribution is -2.60. The van der Waals surface area contributed by atoms with Gasteiger partial charge >= 0.3 is 0 Å². The van der Waals surface area contributed by atoms with Gasteiger partial charge in [-0.2, -0.15) is 17.0 Å². The number of piperidine rings is 1. The zero-order valence-corrected chi connectivity index (χ0v) is 14.2. The minimum Gasteiger partial charge on any atom is -0.329 e. The average molecular weight is 305 g/mol. The Morgan fingerprint density at radius 3 is 2.25 bits per heavy atom. The van der Waals surface area contributed by atoms with Gasteiger partial charge < -0.3 is 5.73 Å². The smallest absolute Gasteiger partial charge is 0.282 e. The van der Waals surface area contributed by atoms with Crippen LogP contribution in [-0.4, -0.2) is 48.2 Å². The number of hydrogen-bond donors (Lipinski definition) is 1. The first-order valence-corrected chi connectivity index (χ1v) is 9.29. The zero-order chi connectivity index (χ0) is 15.4. The van der Waals surface area contributed by atoms with Crippen molar-refractivity contribution in [3.8, 4) is 0 Å².